The lowest BCUT2D eigenvalue weighted by Crippen LogP contribution is -2.10. The number of imidazole rings is 1. The number of rotatable bonds is 5. The van der Waals surface area contributed by atoms with Gasteiger partial charge in [0, 0.05) is 12.5 Å². The summed E-state index contributed by atoms with van der Waals surface area (Å²) in [6.45, 7) is 6.20. The van der Waals surface area contributed by atoms with Gasteiger partial charge < -0.3 is 19.6 Å². The first-order valence-corrected chi connectivity index (χ1v) is 6.51. The highest BCUT2D eigenvalue weighted by Gasteiger charge is 2.21. The summed E-state index contributed by atoms with van der Waals surface area (Å²) in [5.74, 6) is 1.15. The summed E-state index contributed by atoms with van der Waals surface area (Å²) in [6, 6.07) is 1.82. The van der Waals surface area contributed by atoms with Crippen molar-refractivity contribution in [2.24, 2.45) is 0 Å². The minimum Gasteiger partial charge on any atom is -0.461 e. The van der Waals surface area contributed by atoms with Crippen LogP contribution in [0.2, 0.25) is 0 Å². The fourth-order valence-corrected chi connectivity index (χ4v) is 1.96. The van der Waals surface area contributed by atoms with Crippen LogP contribution in [0.3, 0.4) is 0 Å². The van der Waals surface area contributed by atoms with Gasteiger partial charge in [-0.05, 0) is 13.8 Å². The molecule has 0 aromatic carbocycles. The molecule has 0 saturated carbocycles. The van der Waals surface area contributed by atoms with E-state index in [4.69, 9.17) is 15.0 Å². The van der Waals surface area contributed by atoms with E-state index in [-0.39, 0.29) is 18.1 Å². The Kier molecular flexibility index (Phi) is 4.07. The fraction of sp³-hybridized carbons (Fsp3) is 0.462. The maximum absolute atomic E-state index is 11.8. The van der Waals surface area contributed by atoms with Crippen LogP contribution in [0.15, 0.2) is 10.6 Å². The second-order valence-electron chi connectivity index (χ2n) is 4.36. The van der Waals surface area contributed by atoms with E-state index in [1.165, 1.54) is 0 Å². The van der Waals surface area contributed by atoms with Crippen molar-refractivity contribution in [3.8, 4) is 0 Å². The SMILES string of the molecule is CCOC(=O)c1nc(CC)n(Cc2cc(C)no2)c1N. The highest BCUT2D eigenvalue weighted by atomic mass is 16.5. The van der Waals surface area contributed by atoms with Gasteiger partial charge in [0.2, 0.25) is 0 Å². The number of aromatic nitrogens is 3. The first-order chi connectivity index (χ1) is 9.56. The molecule has 0 bridgehead atoms. The molecule has 7 nitrogen and oxygen atoms in total. The van der Waals surface area contributed by atoms with Gasteiger partial charge in [-0.15, -0.1) is 0 Å². The predicted molar refractivity (Wildman–Crippen MR) is 72.3 cm³/mol. The van der Waals surface area contributed by atoms with Crippen LogP contribution < -0.4 is 5.73 Å². The number of esters is 1. The van der Waals surface area contributed by atoms with Crippen molar-refractivity contribution >= 4 is 11.8 Å². The average Bonchev–Trinajstić information content (AvgIpc) is 2.96. The minimum absolute atomic E-state index is 0.153. The van der Waals surface area contributed by atoms with Gasteiger partial charge in [0.1, 0.15) is 11.6 Å². The van der Waals surface area contributed by atoms with Crippen molar-refractivity contribution in [3.05, 3.63) is 29.0 Å². The van der Waals surface area contributed by atoms with Crippen molar-refractivity contribution in [2.45, 2.75) is 33.7 Å². The lowest BCUT2D eigenvalue weighted by atomic mass is 10.3. The predicted octanol–water partition coefficient (Wildman–Crippen LogP) is 1.55. The fourth-order valence-electron chi connectivity index (χ4n) is 1.96. The van der Waals surface area contributed by atoms with Gasteiger partial charge in [-0.1, -0.05) is 12.1 Å². The number of anilines is 1. The van der Waals surface area contributed by atoms with E-state index in [0.29, 0.717) is 24.6 Å². The number of nitrogen functional groups attached to an aromatic ring is 1. The number of carbonyl (C=O) groups excluding carboxylic acids is 1. The summed E-state index contributed by atoms with van der Waals surface area (Å²) >= 11 is 0. The highest BCUT2D eigenvalue weighted by molar-refractivity contribution is 5.92. The summed E-state index contributed by atoms with van der Waals surface area (Å²) in [4.78, 5) is 16.0. The molecular formula is C13H18N4O3. The number of nitrogens with two attached hydrogens (primary N) is 1. The van der Waals surface area contributed by atoms with E-state index in [2.05, 4.69) is 10.1 Å². The van der Waals surface area contributed by atoms with Crippen molar-refractivity contribution in [2.75, 3.05) is 12.3 Å². The Morgan fingerprint density at radius 2 is 2.25 bits per heavy atom. The maximum atomic E-state index is 11.8. The van der Waals surface area contributed by atoms with Gasteiger partial charge in [-0.2, -0.15) is 0 Å². The van der Waals surface area contributed by atoms with Crippen molar-refractivity contribution in [1.82, 2.24) is 14.7 Å². The van der Waals surface area contributed by atoms with E-state index in [9.17, 15) is 4.79 Å². The van der Waals surface area contributed by atoms with Gasteiger partial charge in [-0.3, -0.25) is 0 Å². The summed E-state index contributed by atoms with van der Waals surface area (Å²) < 4.78 is 11.9. The third-order valence-electron chi connectivity index (χ3n) is 2.86. The van der Waals surface area contributed by atoms with Gasteiger partial charge in [-0.25, -0.2) is 9.78 Å². The number of hydrogen-bond acceptors (Lipinski definition) is 6. The van der Waals surface area contributed by atoms with Crippen LogP contribution in [0.5, 0.6) is 0 Å². The molecule has 2 N–H and O–H groups in total. The van der Waals surface area contributed by atoms with E-state index < -0.39 is 5.97 Å². The monoisotopic (exact) mass is 278 g/mol. The Labute approximate surface area is 116 Å². The zero-order valence-corrected chi connectivity index (χ0v) is 11.8. The van der Waals surface area contributed by atoms with Crippen molar-refractivity contribution < 1.29 is 14.1 Å². The minimum atomic E-state index is -0.507. The van der Waals surface area contributed by atoms with Gasteiger partial charge >= 0.3 is 5.97 Å². The first-order valence-electron chi connectivity index (χ1n) is 6.51. The van der Waals surface area contributed by atoms with Crippen LogP contribution in [0.4, 0.5) is 5.82 Å². The average molecular weight is 278 g/mol. The quantitative estimate of drug-likeness (QED) is 0.833. The molecule has 0 spiro atoms. The maximum Gasteiger partial charge on any atom is 0.360 e. The molecule has 0 fully saturated rings. The molecule has 7 heteroatoms. The third kappa shape index (κ3) is 2.66. The molecule has 2 rings (SSSR count). The molecule has 2 aromatic heterocycles. The van der Waals surface area contributed by atoms with E-state index >= 15 is 0 Å². The highest BCUT2D eigenvalue weighted by Crippen LogP contribution is 2.18. The second-order valence-corrected chi connectivity index (χ2v) is 4.36. The Balaban J connectivity index is 2.34. The summed E-state index contributed by atoms with van der Waals surface area (Å²) in [5, 5.41) is 3.83. The van der Waals surface area contributed by atoms with Crippen LogP contribution in [0, 0.1) is 6.92 Å². The molecule has 20 heavy (non-hydrogen) atoms. The van der Waals surface area contributed by atoms with Gasteiger partial charge in [0.05, 0.1) is 18.8 Å². The Morgan fingerprint density at radius 1 is 1.50 bits per heavy atom. The molecule has 0 aliphatic heterocycles. The lowest BCUT2D eigenvalue weighted by molar-refractivity contribution is 0.0521. The van der Waals surface area contributed by atoms with E-state index in [1.54, 1.807) is 11.5 Å². The molecule has 0 unspecified atom stereocenters. The third-order valence-corrected chi connectivity index (χ3v) is 2.86. The van der Waals surface area contributed by atoms with Crippen LogP contribution in [-0.4, -0.2) is 27.3 Å². The first kappa shape index (κ1) is 14.1. The van der Waals surface area contributed by atoms with E-state index in [0.717, 1.165) is 5.69 Å². The number of nitrogens with zero attached hydrogens (tertiary/aromatic N) is 3. The molecule has 0 amide bonds. The second kappa shape index (κ2) is 5.77. The molecule has 0 atom stereocenters. The standard InChI is InChI=1S/C13H18N4O3/c1-4-10-15-11(13(18)19-5-2)12(14)17(10)7-9-6-8(3)16-20-9/h6H,4-5,7,14H2,1-3H3. The molecule has 0 aliphatic carbocycles. The van der Waals surface area contributed by atoms with Crippen LogP contribution >= 0.6 is 0 Å². The zero-order valence-electron chi connectivity index (χ0n) is 11.8. The zero-order chi connectivity index (χ0) is 14.7. The number of hydrogen-bond donors (Lipinski definition) is 1. The van der Waals surface area contributed by atoms with Gasteiger partial charge in [0.25, 0.3) is 0 Å². The smallest absolute Gasteiger partial charge is 0.360 e. The number of ether oxygens (including phenoxy) is 1. The van der Waals surface area contributed by atoms with Crippen LogP contribution in [0.1, 0.15) is 41.6 Å². The molecule has 108 valence electrons. The van der Waals surface area contributed by atoms with Gasteiger partial charge in [0.15, 0.2) is 11.5 Å². The topological polar surface area (TPSA) is 96.2 Å². The number of carbonyl (C=O) groups is 1. The Bertz CT molecular complexity index is 615. The summed E-state index contributed by atoms with van der Waals surface area (Å²) in [5.41, 5.74) is 6.95. The van der Waals surface area contributed by atoms with Crippen molar-refractivity contribution in [1.29, 1.82) is 0 Å². The molecule has 0 aliphatic rings. The summed E-state index contributed by atoms with van der Waals surface area (Å²) in [6.07, 6.45) is 0.650. The van der Waals surface area contributed by atoms with Crippen molar-refractivity contribution in [3.63, 3.8) is 0 Å². The molecule has 2 heterocycles. The Morgan fingerprint density at radius 3 is 2.80 bits per heavy atom. The van der Waals surface area contributed by atoms with Crippen LogP contribution in [-0.2, 0) is 17.7 Å². The summed E-state index contributed by atoms with van der Waals surface area (Å²) in [7, 11) is 0. The molecule has 0 saturated heterocycles. The largest absolute Gasteiger partial charge is 0.461 e. The lowest BCUT2D eigenvalue weighted by Gasteiger charge is -2.06. The molecule has 0 radical (unpaired) electrons. The molecule has 2 aromatic rings. The van der Waals surface area contributed by atoms with Crippen LogP contribution in [0.25, 0.3) is 0 Å². The Hall–Kier alpha value is -2.31. The normalized spacial score (nSPS) is 10.8. The molecular weight excluding hydrogens is 260 g/mol. The van der Waals surface area contributed by atoms with E-state index in [1.807, 2.05) is 19.9 Å². The number of aryl methyl sites for hydroxylation is 2.